The number of esters is 1. The molecule has 2 aromatic rings. The summed E-state index contributed by atoms with van der Waals surface area (Å²) in [7, 11) is 1.17. The number of nitrogens with one attached hydrogen (secondary N) is 2. The summed E-state index contributed by atoms with van der Waals surface area (Å²) in [6, 6.07) is 13.7. The Hall–Kier alpha value is -3.46. The molecule has 0 saturated heterocycles. The van der Waals surface area contributed by atoms with Crippen LogP contribution in [-0.2, 0) is 32.1 Å². The molecule has 2 aromatic carbocycles. The number of halogens is 1. The maximum absolute atomic E-state index is 13.4. The Morgan fingerprint density at radius 1 is 1.06 bits per heavy atom. The molecule has 0 aliphatic rings. The molecule has 166 valence electrons. The minimum atomic E-state index is -1.20. The van der Waals surface area contributed by atoms with Crippen molar-refractivity contribution in [1.82, 2.24) is 10.6 Å². The fourth-order valence-electron chi connectivity index (χ4n) is 2.75. The van der Waals surface area contributed by atoms with Gasteiger partial charge in [-0.1, -0.05) is 42.5 Å². The average molecular weight is 432 g/mol. The van der Waals surface area contributed by atoms with Crippen molar-refractivity contribution in [2.45, 2.75) is 31.6 Å². The molecule has 0 spiro atoms. The number of carbonyl (C=O) groups is 3. The second-order valence-corrected chi connectivity index (χ2v) is 6.78. The van der Waals surface area contributed by atoms with Crippen LogP contribution in [-0.4, -0.2) is 48.9 Å². The van der Waals surface area contributed by atoms with E-state index in [1.54, 1.807) is 18.2 Å². The molecule has 0 aromatic heterocycles. The highest BCUT2D eigenvalue weighted by Crippen LogP contribution is 2.08. The Labute approximate surface area is 179 Å². The summed E-state index contributed by atoms with van der Waals surface area (Å²) in [5, 5.41) is 14.8. The van der Waals surface area contributed by atoms with Crippen LogP contribution in [0.25, 0.3) is 0 Å². The number of alkyl carbamates (subject to hydrolysis) is 1. The molecule has 31 heavy (non-hydrogen) atoms. The van der Waals surface area contributed by atoms with E-state index in [1.807, 2.05) is 18.2 Å². The van der Waals surface area contributed by atoms with E-state index in [0.29, 0.717) is 5.56 Å². The van der Waals surface area contributed by atoms with Crippen molar-refractivity contribution in [3.63, 3.8) is 0 Å². The summed E-state index contributed by atoms with van der Waals surface area (Å²) in [6.45, 7) is -0.141. The Bertz CT molecular complexity index is 877. The van der Waals surface area contributed by atoms with E-state index in [-0.39, 0.29) is 26.0 Å². The molecule has 0 unspecified atom stereocenters. The molecule has 2 rings (SSSR count). The maximum Gasteiger partial charge on any atom is 0.407 e. The Morgan fingerprint density at radius 2 is 1.77 bits per heavy atom. The van der Waals surface area contributed by atoms with Crippen LogP contribution in [0.1, 0.15) is 17.5 Å². The number of carbonyl (C=O) groups excluding carboxylic acids is 3. The molecule has 8 nitrogen and oxygen atoms in total. The molecule has 2 amide bonds. The van der Waals surface area contributed by atoms with Crippen molar-refractivity contribution >= 4 is 18.0 Å². The summed E-state index contributed by atoms with van der Waals surface area (Å²) >= 11 is 0. The minimum Gasteiger partial charge on any atom is -0.467 e. The third-order valence-electron chi connectivity index (χ3n) is 4.27. The van der Waals surface area contributed by atoms with Gasteiger partial charge >= 0.3 is 12.1 Å². The van der Waals surface area contributed by atoms with Crippen molar-refractivity contribution in [2.24, 2.45) is 0 Å². The second kappa shape index (κ2) is 12.3. The molecule has 0 saturated carbocycles. The minimum absolute atomic E-state index is 0.0241. The summed E-state index contributed by atoms with van der Waals surface area (Å²) in [4.78, 5) is 35.9. The van der Waals surface area contributed by atoms with Crippen LogP contribution in [0, 0.1) is 5.82 Å². The number of aliphatic hydroxyl groups is 1. The van der Waals surface area contributed by atoms with Crippen LogP contribution in [0.4, 0.5) is 9.18 Å². The van der Waals surface area contributed by atoms with Gasteiger partial charge in [0.2, 0.25) is 5.91 Å². The van der Waals surface area contributed by atoms with E-state index >= 15 is 0 Å². The number of rotatable bonds is 10. The number of methoxy groups -OCH3 is 1. The molecule has 0 aliphatic heterocycles. The van der Waals surface area contributed by atoms with Gasteiger partial charge in [0.05, 0.1) is 19.6 Å². The van der Waals surface area contributed by atoms with Crippen LogP contribution in [0.3, 0.4) is 0 Å². The lowest BCUT2D eigenvalue weighted by Crippen LogP contribution is -2.45. The molecular formula is C22H25FN2O6. The van der Waals surface area contributed by atoms with Crippen molar-refractivity contribution in [1.29, 1.82) is 0 Å². The monoisotopic (exact) mass is 432 g/mol. The van der Waals surface area contributed by atoms with E-state index in [4.69, 9.17) is 4.74 Å². The average Bonchev–Trinajstić information content (AvgIpc) is 2.76. The summed E-state index contributed by atoms with van der Waals surface area (Å²) in [5.41, 5.74) is 1.31. The maximum atomic E-state index is 13.4. The van der Waals surface area contributed by atoms with Gasteiger partial charge < -0.3 is 25.2 Å². The molecule has 2 atom stereocenters. The molecular weight excluding hydrogens is 407 g/mol. The first-order valence-electron chi connectivity index (χ1n) is 9.61. The van der Waals surface area contributed by atoms with E-state index in [1.165, 1.54) is 25.3 Å². The summed E-state index contributed by atoms with van der Waals surface area (Å²) < 4.78 is 23.1. The predicted molar refractivity (Wildman–Crippen MR) is 109 cm³/mol. The number of aliphatic hydroxyl groups excluding tert-OH is 1. The summed E-state index contributed by atoms with van der Waals surface area (Å²) in [5.74, 6) is -1.79. The van der Waals surface area contributed by atoms with Gasteiger partial charge in [-0.3, -0.25) is 4.79 Å². The summed E-state index contributed by atoms with van der Waals surface area (Å²) in [6.07, 6.45) is -2.27. The van der Waals surface area contributed by atoms with Crippen molar-refractivity contribution in [2.75, 3.05) is 13.7 Å². The van der Waals surface area contributed by atoms with E-state index in [9.17, 15) is 23.9 Å². The van der Waals surface area contributed by atoms with Gasteiger partial charge in [-0.15, -0.1) is 0 Å². The zero-order valence-corrected chi connectivity index (χ0v) is 17.0. The van der Waals surface area contributed by atoms with Gasteiger partial charge in [0.25, 0.3) is 0 Å². The lowest BCUT2D eigenvalue weighted by Gasteiger charge is -2.18. The van der Waals surface area contributed by atoms with Crippen LogP contribution in [0.15, 0.2) is 54.6 Å². The van der Waals surface area contributed by atoms with Gasteiger partial charge in [0.15, 0.2) is 0 Å². The fraction of sp³-hybridized carbons (Fsp3) is 0.318. The molecule has 3 N–H and O–H groups in total. The lowest BCUT2D eigenvalue weighted by atomic mass is 10.1. The normalized spacial score (nSPS) is 12.4. The smallest absolute Gasteiger partial charge is 0.407 e. The Balaban J connectivity index is 1.77. The zero-order valence-electron chi connectivity index (χ0n) is 17.0. The fourth-order valence-corrected chi connectivity index (χ4v) is 2.75. The van der Waals surface area contributed by atoms with Crippen molar-refractivity contribution in [3.05, 3.63) is 71.5 Å². The van der Waals surface area contributed by atoms with Crippen LogP contribution < -0.4 is 10.6 Å². The van der Waals surface area contributed by atoms with E-state index < -0.39 is 35.9 Å². The number of ether oxygens (including phenoxy) is 2. The quantitative estimate of drug-likeness (QED) is 0.493. The van der Waals surface area contributed by atoms with Crippen LogP contribution >= 0.6 is 0 Å². The highest BCUT2D eigenvalue weighted by Gasteiger charge is 2.23. The van der Waals surface area contributed by atoms with E-state index in [0.717, 1.165) is 5.56 Å². The third kappa shape index (κ3) is 8.83. The highest BCUT2D eigenvalue weighted by atomic mass is 19.1. The standard InChI is InChI=1S/C22H25FN2O6/c1-30-21(28)19(11-16-8-5-9-17(23)10-16)25-20(27)12-18(26)13-24-22(29)31-14-15-6-3-2-4-7-15/h2-10,18-19,26H,11-14H2,1H3,(H,24,29)(H,25,27)/t18-,19+/m0/s1. The van der Waals surface area contributed by atoms with Crippen LogP contribution in [0.5, 0.6) is 0 Å². The van der Waals surface area contributed by atoms with Crippen LogP contribution in [0.2, 0.25) is 0 Å². The van der Waals surface area contributed by atoms with Crippen molar-refractivity contribution in [3.8, 4) is 0 Å². The second-order valence-electron chi connectivity index (χ2n) is 6.78. The first-order chi connectivity index (χ1) is 14.9. The molecule has 0 radical (unpaired) electrons. The number of hydrogen-bond donors (Lipinski definition) is 3. The lowest BCUT2D eigenvalue weighted by molar-refractivity contribution is -0.145. The SMILES string of the molecule is COC(=O)[C@@H](Cc1cccc(F)c1)NC(=O)C[C@H](O)CNC(=O)OCc1ccccc1. The number of hydrogen-bond acceptors (Lipinski definition) is 6. The Morgan fingerprint density at radius 3 is 2.45 bits per heavy atom. The molecule has 0 heterocycles. The largest absolute Gasteiger partial charge is 0.467 e. The highest BCUT2D eigenvalue weighted by molar-refractivity contribution is 5.84. The molecule has 0 aliphatic carbocycles. The Kier molecular flexibility index (Phi) is 9.44. The third-order valence-corrected chi connectivity index (χ3v) is 4.27. The molecule has 0 fully saturated rings. The topological polar surface area (TPSA) is 114 Å². The first-order valence-corrected chi connectivity index (χ1v) is 9.61. The van der Waals surface area contributed by atoms with Gasteiger partial charge in [-0.05, 0) is 23.3 Å². The first kappa shape index (κ1) is 23.8. The predicted octanol–water partition coefficient (Wildman–Crippen LogP) is 1.70. The van der Waals surface area contributed by atoms with Gasteiger partial charge in [0, 0.05) is 13.0 Å². The molecule has 9 heteroatoms. The zero-order chi connectivity index (χ0) is 22.6. The molecule has 0 bridgehead atoms. The van der Waals surface area contributed by atoms with E-state index in [2.05, 4.69) is 15.4 Å². The van der Waals surface area contributed by atoms with Crippen molar-refractivity contribution < 1.29 is 33.4 Å². The van der Waals surface area contributed by atoms with Gasteiger partial charge in [0.1, 0.15) is 18.5 Å². The number of benzene rings is 2. The van der Waals surface area contributed by atoms with Gasteiger partial charge in [-0.25, -0.2) is 14.0 Å². The van der Waals surface area contributed by atoms with Gasteiger partial charge in [-0.2, -0.15) is 0 Å². The number of amides is 2.